The first-order chi connectivity index (χ1) is 10.1. The van der Waals surface area contributed by atoms with E-state index in [9.17, 15) is 4.79 Å². The number of nitrogens with one attached hydrogen (secondary N) is 1. The number of hydrogen-bond acceptors (Lipinski definition) is 4. The lowest BCUT2D eigenvalue weighted by atomic mass is 10.1. The number of nitrogen functional groups attached to an aromatic ring is 1. The molecule has 1 saturated heterocycles. The summed E-state index contributed by atoms with van der Waals surface area (Å²) in [7, 11) is 0. The minimum Gasteiger partial charge on any atom is -0.399 e. The van der Waals surface area contributed by atoms with Gasteiger partial charge in [0.05, 0.1) is 6.04 Å². The zero-order chi connectivity index (χ0) is 15.2. The van der Waals surface area contributed by atoms with Crippen molar-refractivity contribution in [3.8, 4) is 0 Å². The van der Waals surface area contributed by atoms with Gasteiger partial charge < -0.3 is 16.2 Å². The van der Waals surface area contributed by atoms with Gasteiger partial charge >= 0.3 is 0 Å². The minimum absolute atomic E-state index is 0.00988. The fourth-order valence-corrected chi connectivity index (χ4v) is 2.97. The second-order valence-electron chi connectivity index (χ2n) is 5.69. The molecule has 5 nitrogen and oxygen atoms in total. The number of amides is 1. The molecule has 1 fully saturated rings. The number of likely N-dealkylation sites (tertiary alicyclic amines) is 1. The number of nitrogens with zero attached hydrogens (tertiary/aromatic N) is 1. The summed E-state index contributed by atoms with van der Waals surface area (Å²) in [4.78, 5) is 14.6. The molecule has 21 heavy (non-hydrogen) atoms. The molecule has 2 unspecified atom stereocenters. The fourth-order valence-electron chi connectivity index (χ4n) is 2.97. The molecule has 1 aromatic carbocycles. The van der Waals surface area contributed by atoms with Crippen molar-refractivity contribution in [3.63, 3.8) is 0 Å². The highest BCUT2D eigenvalue weighted by Crippen LogP contribution is 2.24. The van der Waals surface area contributed by atoms with Crippen LogP contribution in [-0.2, 0) is 4.79 Å². The van der Waals surface area contributed by atoms with E-state index in [2.05, 4.69) is 10.2 Å². The number of carbonyl (C=O) groups excluding carboxylic acids is 1. The van der Waals surface area contributed by atoms with Gasteiger partial charge in [-0.05, 0) is 63.4 Å². The van der Waals surface area contributed by atoms with Crippen molar-refractivity contribution in [2.75, 3.05) is 24.2 Å². The Morgan fingerprint density at radius 3 is 2.86 bits per heavy atom. The van der Waals surface area contributed by atoms with Crippen LogP contribution in [0.25, 0.3) is 0 Å². The molecule has 116 valence electrons. The first-order valence-electron chi connectivity index (χ1n) is 7.65. The van der Waals surface area contributed by atoms with E-state index in [0.717, 1.165) is 37.9 Å². The Balaban J connectivity index is 1.93. The van der Waals surface area contributed by atoms with E-state index in [4.69, 9.17) is 10.8 Å². The maximum absolute atomic E-state index is 12.4. The Morgan fingerprint density at radius 2 is 2.19 bits per heavy atom. The molecule has 0 spiro atoms. The van der Waals surface area contributed by atoms with Gasteiger partial charge in [-0.25, -0.2) is 0 Å². The van der Waals surface area contributed by atoms with Crippen molar-refractivity contribution < 1.29 is 9.90 Å². The Bertz CT molecular complexity index is 461. The number of carbonyl (C=O) groups is 1. The monoisotopic (exact) mass is 291 g/mol. The average molecular weight is 291 g/mol. The number of benzene rings is 1. The van der Waals surface area contributed by atoms with Crippen molar-refractivity contribution in [2.45, 2.75) is 44.7 Å². The molecule has 1 amide bonds. The second kappa shape index (κ2) is 7.43. The van der Waals surface area contributed by atoms with Crippen LogP contribution in [0.2, 0.25) is 0 Å². The molecule has 4 N–H and O–H groups in total. The van der Waals surface area contributed by atoms with Crippen molar-refractivity contribution in [2.24, 2.45) is 0 Å². The molecule has 0 aromatic heterocycles. The molecule has 1 aliphatic rings. The van der Waals surface area contributed by atoms with Gasteiger partial charge in [0.25, 0.3) is 0 Å². The number of nitrogens with two attached hydrogens (primary N) is 1. The Morgan fingerprint density at radius 1 is 1.48 bits per heavy atom. The Hall–Kier alpha value is -1.59. The van der Waals surface area contributed by atoms with Gasteiger partial charge in [-0.15, -0.1) is 0 Å². The third-order valence-electron chi connectivity index (χ3n) is 4.17. The predicted molar refractivity (Wildman–Crippen MR) is 85.0 cm³/mol. The van der Waals surface area contributed by atoms with Crippen LogP contribution in [0.1, 0.15) is 32.6 Å². The summed E-state index contributed by atoms with van der Waals surface area (Å²) >= 11 is 0. The van der Waals surface area contributed by atoms with Gasteiger partial charge in [-0.3, -0.25) is 9.69 Å². The van der Waals surface area contributed by atoms with Crippen molar-refractivity contribution in [1.82, 2.24) is 4.90 Å². The zero-order valence-corrected chi connectivity index (χ0v) is 12.6. The summed E-state index contributed by atoms with van der Waals surface area (Å²) in [5.74, 6) is 0.00988. The largest absolute Gasteiger partial charge is 0.399 e. The summed E-state index contributed by atoms with van der Waals surface area (Å²) in [6.07, 6.45) is 3.98. The number of hydrogen-bond donors (Lipinski definition) is 3. The van der Waals surface area contributed by atoms with Gasteiger partial charge in [0.2, 0.25) is 5.91 Å². The van der Waals surface area contributed by atoms with Crippen LogP contribution in [0.4, 0.5) is 11.4 Å². The average Bonchev–Trinajstić information content (AvgIpc) is 2.95. The molecule has 1 heterocycles. The van der Waals surface area contributed by atoms with Crippen LogP contribution in [0.15, 0.2) is 24.3 Å². The van der Waals surface area contributed by atoms with Gasteiger partial charge in [-0.1, -0.05) is 0 Å². The molecule has 1 aromatic rings. The number of rotatable bonds is 6. The normalized spacial score (nSPS) is 20.4. The lowest BCUT2D eigenvalue weighted by Crippen LogP contribution is -2.44. The van der Waals surface area contributed by atoms with E-state index in [1.54, 1.807) is 12.1 Å². The molecule has 0 aliphatic carbocycles. The quantitative estimate of drug-likeness (QED) is 0.699. The lowest BCUT2D eigenvalue weighted by Gasteiger charge is -2.29. The van der Waals surface area contributed by atoms with E-state index < -0.39 is 0 Å². The van der Waals surface area contributed by atoms with Crippen molar-refractivity contribution in [1.29, 1.82) is 0 Å². The molecule has 2 atom stereocenters. The number of anilines is 2. The van der Waals surface area contributed by atoms with Crippen LogP contribution < -0.4 is 11.1 Å². The number of aliphatic hydroxyl groups excluding tert-OH is 1. The standard InChI is InChI=1S/C16H25N3O2/c1-12(19-10-2-4-15(19)5-3-11-20)16(21)18-14-8-6-13(17)7-9-14/h6-9,12,15,20H,2-5,10-11,17H2,1H3,(H,18,21). The van der Waals surface area contributed by atoms with E-state index in [0.29, 0.717) is 11.7 Å². The highest BCUT2D eigenvalue weighted by atomic mass is 16.3. The Labute approximate surface area is 126 Å². The maximum atomic E-state index is 12.4. The van der Waals surface area contributed by atoms with Crippen LogP contribution >= 0.6 is 0 Å². The van der Waals surface area contributed by atoms with Crippen LogP contribution in [-0.4, -0.2) is 41.1 Å². The molecule has 0 bridgehead atoms. The third kappa shape index (κ3) is 4.19. The summed E-state index contributed by atoms with van der Waals surface area (Å²) in [6.45, 7) is 3.12. The van der Waals surface area contributed by atoms with Gasteiger partial charge in [0.1, 0.15) is 0 Å². The summed E-state index contributed by atoms with van der Waals surface area (Å²) in [5.41, 5.74) is 7.10. The van der Waals surface area contributed by atoms with Crippen molar-refractivity contribution in [3.05, 3.63) is 24.3 Å². The molecule has 0 saturated carbocycles. The summed E-state index contributed by atoms with van der Waals surface area (Å²) in [6, 6.07) is 7.43. The molecule has 2 rings (SSSR count). The molecule has 0 radical (unpaired) electrons. The highest BCUT2D eigenvalue weighted by molar-refractivity contribution is 5.94. The van der Waals surface area contributed by atoms with Gasteiger partial charge in [0.15, 0.2) is 0 Å². The smallest absolute Gasteiger partial charge is 0.241 e. The SMILES string of the molecule is CC(C(=O)Nc1ccc(N)cc1)N1CCCC1CCCO. The molecular weight excluding hydrogens is 266 g/mol. The van der Waals surface area contributed by atoms with Crippen LogP contribution in [0, 0.1) is 0 Å². The highest BCUT2D eigenvalue weighted by Gasteiger charge is 2.31. The first kappa shape index (κ1) is 15.8. The summed E-state index contributed by atoms with van der Waals surface area (Å²) in [5, 5.41) is 11.9. The zero-order valence-electron chi connectivity index (χ0n) is 12.6. The van der Waals surface area contributed by atoms with E-state index in [1.165, 1.54) is 0 Å². The number of aliphatic hydroxyl groups is 1. The van der Waals surface area contributed by atoms with Crippen LogP contribution in [0.5, 0.6) is 0 Å². The molecular formula is C16H25N3O2. The van der Waals surface area contributed by atoms with Crippen molar-refractivity contribution >= 4 is 17.3 Å². The minimum atomic E-state index is -0.159. The van der Waals surface area contributed by atoms with E-state index >= 15 is 0 Å². The van der Waals surface area contributed by atoms with Crippen LogP contribution in [0.3, 0.4) is 0 Å². The predicted octanol–water partition coefficient (Wildman–Crippen LogP) is 1.83. The van der Waals surface area contributed by atoms with Gasteiger partial charge in [-0.2, -0.15) is 0 Å². The first-order valence-corrected chi connectivity index (χ1v) is 7.65. The third-order valence-corrected chi connectivity index (χ3v) is 4.17. The van der Waals surface area contributed by atoms with Gasteiger partial charge in [0, 0.05) is 24.0 Å². The maximum Gasteiger partial charge on any atom is 0.241 e. The fraction of sp³-hybridized carbons (Fsp3) is 0.562. The van der Waals surface area contributed by atoms with E-state index in [-0.39, 0.29) is 18.6 Å². The summed E-state index contributed by atoms with van der Waals surface area (Å²) < 4.78 is 0. The topological polar surface area (TPSA) is 78.6 Å². The van der Waals surface area contributed by atoms with E-state index in [1.807, 2.05) is 19.1 Å². The second-order valence-corrected chi connectivity index (χ2v) is 5.69. The molecule has 5 heteroatoms. The molecule has 1 aliphatic heterocycles. The lowest BCUT2D eigenvalue weighted by molar-refractivity contribution is -0.121. The Kier molecular flexibility index (Phi) is 5.59.